The fraction of sp³-hybridized carbons (Fsp3) is 0.231. The molecular weight excluding hydrogens is 425 g/mol. The summed E-state index contributed by atoms with van der Waals surface area (Å²) in [7, 11) is 1.33. The lowest BCUT2D eigenvalue weighted by Crippen LogP contribution is -2.06. The lowest BCUT2D eigenvalue weighted by Gasteiger charge is -2.11. The molecule has 1 aromatic carbocycles. The molecule has 4 nitrogen and oxygen atoms in total. The molecule has 0 N–H and O–H groups in total. The number of pyridine rings is 1. The summed E-state index contributed by atoms with van der Waals surface area (Å²) in [6.45, 7) is 2.41. The van der Waals surface area contributed by atoms with Crippen LogP contribution in [0.3, 0.4) is 0 Å². The molecule has 1 aromatic heterocycles. The molecule has 0 spiro atoms. The third kappa shape index (κ3) is 2.84. The third-order valence-corrected chi connectivity index (χ3v) is 4.06. The van der Waals surface area contributed by atoms with Gasteiger partial charge in [-0.05, 0) is 57.6 Å². The standard InChI is InChI=1S/C13H11BrINO3/c1-3-19-10-6-9(13(17)18-2)16-12-7(14)4-5-8(15)11(10)12/h4-6H,3H2,1-2H3. The molecule has 19 heavy (non-hydrogen) atoms. The first kappa shape index (κ1) is 14.5. The molecule has 1 heterocycles. The van der Waals surface area contributed by atoms with Crippen LogP contribution >= 0.6 is 38.5 Å². The third-order valence-electron chi connectivity index (χ3n) is 2.52. The molecule has 0 aliphatic carbocycles. The highest BCUT2D eigenvalue weighted by Crippen LogP contribution is 2.34. The second kappa shape index (κ2) is 6.04. The van der Waals surface area contributed by atoms with E-state index in [1.165, 1.54) is 7.11 Å². The summed E-state index contributed by atoms with van der Waals surface area (Å²) < 4.78 is 12.2. The Morgan fingerprint density at radius 3 is 2.84 bits per heavy atom. The number of halogens is 2. The summed E-state index contributed by atoms with van der Waals surface area (Å²) in [4.78, 5) is 16.0. The van der Waals surface area contributed by atoms with Crippen LogP contribution < -0.4 is 4.74 Å². The zero-order chi connectivity index (χ0) is 14.0. The minimum absolute atomic E-state index is 0.237. The van der Waals surface area contributed by atoms with Crippen molar-refractivity contribution in [3.8, 4) is 5.75 Å². The molecule has 0 aliphatic rings. The zero-order valence-electron chi connectivity index (χ0n) is 10.4. The van der Waals surface area contributed by atoms with E-state index >= 15 is 0 Å². The predicted molar refractivity (Wildman–Crippen MR) is 84.7 cm³/mol. The van der Waals surface area contributed by atoms with Crippen LogP contribution in [0.2, 0.25) is 0 Å². The normalized spacial score (nSPS) is 10.5. The zero-order valence-corrected chi connectivity index (χ0v) is 14.1. The Balaban J connectivity index is 2.79. The average Bonchev–Trinajstić information content (AvgIpc) is 2.42. The number of carbonyl (C=O) groups excluding carboxylic acids is 1. The first-order valence-corrected chi connectivity index (χ1v) is 7.45. The highest BCUT2D eigenvalue weighted by atomic mass is 127. The van der Waals surface area contributed by atoms with E-state index in [2.05, 4.69) is 43.5 Å². The number of benzene rings is 1. The Morgan fingerprint density at radius 2 is 2.21 bits per heavy atom. The summed E-state index contributed by atoms with van der Waals surface area (Å²) in [6, 6.07) is 5.48. The van der Waals surface area contributed by atoms with Gasteiger partial charge >= 0.3 is 5.97 Å². The van der Waals surface area contributed by atoms with Crippen LogP contribution in [-0.2, 0) is 4.74 Å². The van der Waals surface area contributed by atoms with Gasteiger partial charge in [-0.15, -0.1) is 0 Å². The number of aromatic nitrogens is 1. The molecule has 0 bridgehead atoms. The van der Waals surface area contributed by atoms with E-state index in [-0.39, 0.29) is 5.69 Å². The van der Waals surface area contributed by atoms with Crippen molar-refractivity contribution in [3.05, 3.63) is 31.9 Å². The van der Waals surface area contributed by atoms with E-state index < -0.39 is 5.97 Å². The van der Waals surface area contributed by atoms with Crippen LogP contribution in [0.1, 0.15) is 17.4 Å². The topological polar surface area (TPSA) is 48.4 Å². The summed E-state index contributed by atoms with van der Waals surface area (Å²) in [5.74, 6) is 0.159. The van der Waals surface area contributed by atoms with Crippen molar-refractivity contribution in [3.63, 3.8) is 0 Å². The molecule has 6 heteroatoms. The molecule has 2 aromatic rings. The molecule has 0 amide bonds. The number of fused-ring (bicyclic) bond motifs is 1. The van der Waals surface area contributed by atoms with Gasteiger partial charge in [0.15, 0.2) is 5.69 Å². The van der Waals surface area contributed by atoms with Gasteiger partial charge in [0.05, 0.1) is 24.6 Å². The Bertz CT molecular complexity index is 645. The van der Waals surface area contributed by atoms with E-state index in [1.54, 1.807) is 6.07 Å². The first-order chi connectivity index (χ1) is 9.08. The molecular formula is C13H11BrINO3. The van der Waals surface area contributed by atoms with Crippen molar-refractivity contribution in [2.45, 2.75) is 6.92 Å². The molecule has 2 rings (SSSR count). The predicted octanol–water partition coefficient (Wildman–Crippen LogP) is 3.79. The molecule has 0 saturated heterocycles. The van der Waals surface area contributed by atoms with Gasteiger partial charge < -0.3 is 9.47 Å². The van der Waals surface area contributed by atoms with Crippen LogP contribution in [-0.4, -0.2) is 24.7 Å². The van der Waals surface area contributed by atoms with Crippen LogP contribution in [0.5, 0.6) is 5.75 Å². The molecule has 0 atom stereocenters. The van der Waals surface area contributed by atoms with Gasteiger partial charge in [0.25, 0.3) is 0 Å². The van der Waals surface area contributed by atoms with Crippen molar-refractivity contribution < 1.29 is 14.3 Å². The second-order valence-corrected chi connectivity index (χ2v) is 5.70. The van der Waals surface area contributed by atoms with E-state index in [0.717, 1.165) is 13.4 Å². The smallest absolute Gasteiger partial charge is 0.356 e. The van der Waals surface area contributed by atoms with E-state index in [4.69, 9.17) is 9.47 Å². The maximum absolute atomic E-state index is 11.7. The molecule has 0 aliphatic heterocycles. The number of esters is 1. The van der Waals surface area contributed by atoms with E-state index in [9.17, 15) is 4.79 Å². The van der Waals surface area contributed by atoms with Gasteiger partial charge in [-0.1, -0.05) is 0 Å². The van der Waals surface area contributed by atoms with Crippen molar-refractivity contribution in [2.24, 2.45) is 0 Å². The molecule has 0 radical (unpaired) electrons. The van der Waals surface area contributed by atoms with E-state index in [1.807, 2.05) is 19.1 Å². The van der Waals surface area contributed by atoms with Gasteiger partial charge in [0.1, 0.15) is 5.75 Å². The quantitative estimate of drug-likeness (QED) is 0.543. The minimum atomic E-state index is -0.478. The first-order valence-electron chi connectivity index (χ1n) is 5.58. The maximum Gasteiger partial charge on any atom is 0.356 e. The van der Waals surface area contributed by atoms with Crippen LogP contribution in [0.25, 0.3) is 10.9 Å². The van der Waals surface area contributed by atoms with Crippen molar-refractivity contribution in [2.75, 3.05) is 13.7 Å². The molecule has 0 fully saturated rings. The Kier molecular flexibility index (Phi) is 4.62. The van der Waals surface area contributed by atoms with Gasteiger partial charge in [-0.25, -0.2) is 9.78 Å². The number of ether oxygens (including phenoxy) is 2. The highest BCUT2D eigenvalue weighted by molar-refractivity contribution is 14.1. The highest BCUT2D eigenvalue weighted by Gasteiger charge is 2.16. The average molecular weight is 436 g/mol. The van der Waals surface area contributed by atoms with Crippen LogP contribution in [0.15, 0.2) is 22.7 Å². The number of carbonyl (C=O) groups is 1. The van der Waals surface area contributed by atoms with Crippen molar-refractivity contribution >= 4 is 55.4 Å². The summed E-state index contributed by atoms with van der Waals surface area (Å²) in [5, 5.41) is 0.893. The minimum Gasteiger partial charge on any atom is -0.493 e. The van der Waals surface area contributed by atoms with Crippen molar-refractivity contribution in [1.82, 2.24) is 4.98 Å². The van der Waals surface area contributed by atoms with Gasteiger partial charge in [-0.2, -0.15) is 0 Å². The van der Waals surface area contributed by atoms with Crippen LogP contribution in [0.4, 0.5) is 0 Å². The van der Waals surface area contributed by atoms with E-state index in [0.29, 0.717) is 17.9 Å². The largest absolute Gasteiger partial charge is 0.493 e. The summed E-state index contributed by atoms with van der Waals surface area (Å²) >= 11 is 5.67. The number of hydrogen-bond acceptors (Lipinski definition) is 4. The molecule has 0 unspecified atom stereocenters. The maximum atomic E-state index is 11.7. The Morgan fingerprint density at radius 1 is 1.47 bits per heavy atom. The van der Waals surface area contributed by atoms with Gasteiger partial charge in [-0.3, -0.25) is 0 Å². The van der Waals surface area contributed by atoms with Crippen molar-refractivity contribution in [1.29, 1.82) is 0 Å². The van der Waals surface area contributed by atoms with Gasteiger partial charge in [0.2, 0.25) is 0 Å². The Hall–Kier alpha value is -0.890. The monoisotopic (exact) mass is 435 g/mol. The number of methoxy groups -OCH3 is 1. The lowest BCUT2D eigenvalue weighted by atomic mass is 10.2. The SMILES string of the molecule is CCOc1cc(C(=O)OC)nc2c(Br)ccc(I)c12. The number of hydrogen-bond donors (Lipinski definition) is 0. The molecule has 100 valence electrons. The number of rotatable bonds is 3. The lowest BCUT2D eigenvalue weighted by molar-refractivity contribution is 0.0594. The number of nitrogens with zero attached hydrogens (tertiary/aromatic N) is 1. The second-order valence-electron chi connectivity index (χ2n) is 3.68. The Labute approximate surface area is 132 Å². The fourth-order valence-electron chi connectivity index (χ4n) is 1.71. The van der Waals surface area contributed by atoms with Crippen LogP contribution in [0, 0.1) is 3.57 Å². The summed E-state index contributed by atoms with van der Waals surface area (Å²) in [6.07, 6.45) is 0. The summed E-state index contributed by atoms with van der Waals surface area (Å²) in [5.41, 5.74) is 0.930. The fourth-order valence-corrected chi connectivity index (χ4v) is 2.83. The molecule has 0 saturated carbocycles. The van der Waals surface area contributed by atoms with Gasteiger partial charge in [0, 0.05) is 14.1 Å².